The molecule has 4 aromatic rings. The van der Waals surface area contributed by atoms with Crippen molar-refractivity contribution in [2.75, 3.05) is 5.32 Å². The molecule has 0 saturated carbocycles. The van der Waals surface area contributed by atoms with Crippen LogP contribution in [0.15, 0.2) is 48.4 Å². The Kier molecular flexibility index (Phi) is 3.82. The molecule has 124 valence electrons. The molecule has 0 fully saturated rings. The molecule has 0 aliphatic rings. The maximum atomic E-state index is 12.4. The fourth-order valence-corrected chi connectivity index (χ4v) is 3.04. The van der Waals surface area contributed by atoms with Gasteiger partial charge in [-0.3, -0.25) is 14.5 Å². The summed E-state index contributed by atoms with van der Waals surface area (Å²) in [6.07, 6.45) is 4.88. The Bertz CT molecular complexity index is 1020. The van der Waals surface area contributed by atoms with Gasteiger partial charge in [-0.15, -0.1) is 11.3 Å². The minimum absolute atomic E-state index is 0.294. The summed E-state index contributed by atoms with van der Waals surface area (Å²) < 4.78 is 1.81. The van der Waals surface area contributed by atoms with Crippen molar-refractivity contribution in [3.8, 4) is 16.4 Å². The highest BCUT2D eigenvalue weighted by molar-refractivity contribution is 7.13. The Morgan fingerprint density at radius 3 is 2.96 bits per heavy atom. The summed E-state index contributed by atoms with van der Waals surface area (Å²) in [5.41, 5.74) is 1.10. The molecule has 8 nitrogen and oxygen atoms in total. The van der Waals surface area contributed by atoms with E-state index < -0.39 is 0 Å². The van der Waals surface area contributed by atoms with E-state index >= 15 is 0 Å². The molecule has 9 heteroatoms. The summed E-state index contributed by atoms with van der Waals surface area (Å²) in [6, 6.07) is 7.30. The highest BCUT2D eigenvalue weighted by Crippen LogP contribution is 2.23. The number of carbonyl (C=O) groups excluding carboxylic acids is 1. The van der Waals surface area contributed by atoms with Gasteiger partial charge in [-0.1, -0.05) is 6.07 Å². The van der Waals surface area contributed by atoms with E-state index in [1.54, 1.807) is 40.4 Å². The van der Waals surface area contributed by atoms with Crippen LogP contribution in [0.3, 0.4) is 0 Å². The molecule has 0 atom stereocenters. The molecule has 0 aliphatic heterocycles. The van der Waals surface area contributed by atoms with Gasteiger partial charge in [-0.25, -0.2) is 15.0 Å². The smallest absolute Gasteiger partial charge is 0.277 e. The van der Waals surface area contributed by atoms with E-state index in [4.69, 9.17) is 0 Å². The lowest BCUT2D eigenvalue weighted by Crippen LogP contribution is -2.14. The van der Waals surface area contributed by atoms with E-state index in [1.165, 1.54) is 6.33 Å². The third kappa shape index (κ3) is 3.04. The molecule has 0 unspecified atom stereocenters. The van der Waals surface area contributed by atoms with Gasteiger partial charge in [0.15, 0.2) is 5.69 Å². The molecule has 4 heterocycles. The number of nitrogens with zero attached hydrogens (tertiary/aromatic N) is 5. The van der Waals surface area contributed by atoms with Gasteiger partial charge in [0.2, 0.25) is 0 Å². The van der Waals surface area contributed by atoms with Crippen LogP contribution in [0.2, 0.25) is 0 Å². The van der Waals surface area contributed by atoms with E-state index in [1.807, 2.05) is 24.4 Å². The van der Waals surface area contributed by atoms with E-state index in [0.717, 1.165) is 16.4 Å². The molecule has 1 amide bonds. The summed E-state index contributed by atoms with van der Waals surface area (Å²) in [4.78, 5) is 25.9. The Balaban J connectivity index is 1.54. The number of rotatable bonds is 4. The quantitative estimate of drug-likeness (QED) is 0.588. The van der Waals surface area contributed by atoms with Crippen LogP contribution < -0.4 is 5.32 Å². The Morgan fingerprint density at radius 1 is 1.28 bits per heavy atom. The molecule has 0 aromatic carbocycles. The lowest BCUT2D eigenvalue weighted by atomic mass is 10.3. The number of H-pyrrole nitrogens is 1. The second-order valence-electron chi connectivity index (χ2n) is 5.20. The first-order valence-corrected chi connectivity index (χ1v) is 8.32. The number of aromatic amines is 1. The van der Waals surface area contributed by atoms with Crippen LogP contribution in [0.25, 0.3) is 16.4 Å². The summed E-state index contributed by atoms with van der Waals surface area (Å²) in [5.74, 6) is 1.47. The van der Waals surface area contributed by atoms with Gasteiger partial charge >= 0.3 is 0 Å². The summed E-state index contributed by atoms with van der Waals surface area (Å²) >= 11 is 1.57. The van der Waals surface area contributed by atoms with Crippen molar-refractivity contribution in [1.82, 2.24) is 29.7 Å². The second kappa shape index (κ2) is 6.29. The van der Waals surface area contributed by atoms with Crippen molar-refractivity contribution >= 4 is 23.1 Å². The summed E-state index contributed by atoms with van der Waals surface area (Å²) in [6.45, 7) is 1.87. The molecular formula is C16H13N7OS. The normalized spacial score (nSPS) is 10.8. The number of anilines is 1. The fourth-order valence-electron chi connectivity index (χ4n) is 2.34. The lowest BCUT2D eigenvalue weighted by molar-refractivity contribution is 0.102. The van der Waals surface area contributed by atoms with Gasteiger partial charge in [-0.2, -0.15) is 5.10 Å². The Hall–Kier alpha value is -3.33. The Labute approximate surface area is 146 Å². The van der Waals surface area contributed by atoms with Crippen LogP contribution in [-0.2, 0) is 0 Å². The first-order chi connectivity index (χ1) is 12.2. The van der Waals surface area contributed by atoms with Crippen LogP contribution in [0.5, 0.6) is 0 Å². The number of imidazole rings is 1. The largest absolute Gasteiger partial charge is 0.305 e. The van der Waals surface area contributed by atoms with Crippen LogP contribution in [0.4, 0.5) is 5.82 Å². The number of aryl methyl sites for hydroxylation is 1. The number of hydrogen-bond donors (Lipinski definition) is 2. The van der Waals surface area contributed by atoms with E-state index in [-0.39, 0.29) is 5.91 Å². The van der Waals surface area contributed by atoms with Gasteiger partial charge in [0.1, 0.15) is 23.8 Å². The molecule has 2 N–H and O–H groups in total. The number of carbonyl (C=O) groups is 1. The van der Waals surface area contributed by atoms with Crippen LogP contribution in [-0.4, -0.2) is 35.6 Å². The number of amides is 1. The predicted octanol–water partition coefficient (Wildman–Crippen LogP) is 2.67. The molecule has 0 bridgehead atoms. The monoisotopic (exact) mass is 351 g/mol. The van der Waals surface area contributed by atoms with Crippen LogP contribution in [0, 0.1) is 6.92 Å². The predicted molar refractivity (Wildman–Crippen MR) is 93.7 cm³/mol. The number of aromatic nitrogens is 6. The maximum Gasteiger partial charge on any atom is 0.277 e. The second-order valence-corrected chi connectivity index (χ2v) is 6.15. The Morgan fingerprint density at radius 2 is 2.20 bits per heavy atom. The average Bonchev–Trinajstić information content (AvgIpc) is 3.36. The number of thiophene rings is 1. The zero-order chi connectivity index (χ0) is 17.2. The molecule has 4 rings (SSSR count). The zero-order valence-electron chi connectivity index (χ0n) is 13.2. The molecule has 0 spiro atoms. The lowest BCUT2D eigenvalue weighted by Gasteiger charge is -2.06. The van der Waals surface area contributed by atoms with Crippen molar-refractivity contribution in [2.24, 2.45) is 0 Å². The van der Waals surface area contributed by atoms with Gasteiger partial charge in [0, 0.05) is 18.5 Å². The number of nitrogens with one attached hydrogen (secondary N) is 2. The average molecular weight is 351 g/mol. The van der Waals surface area contributed by atoms with E-state index in [2.05, 4.69) is 30.5 Å². The van der Waals surface area contributed by atoms with Gasteiger partial charge < -0.3 is 5.32 Å². The van der Waals surface area contributed by atoms with Gasteiger partial charge in [0.25, 0.3) is 5.91 Å². The van der Waals surface area contributed by atoms with Crippen molar-refractivity contribution in [2.45, 2.75) is 6.92 Å². The maximum absolute atomic E-state index is 12.4. The van der Waals surface area contributed by atoms with Gasteiger partial charge in [-0.05, 0) is 24.4 Å². The fraction of sp³-hybridized carbons (Fsp3) is 0.0625. The van der Waals surface area contributed by atoms with Crippen molar-refractivity contribution in [3.05, 3.63) is 59.9 Å². The highest BCUT2D eigenvalue weighted by Gasteiger charge is 2.13. The molecule has 25 heavy (non-hydrogen) atoms. The zero-order valence-corrected chi connectivity index (χ0v) is 14.0. The van der Waals surface area contributed by atoms with E-state index in [9.17, 15) is 4.79 Å². The first-order valence-electron chi connectivity index (χ1n) is 7.44. The molecular weight excluding hydrogens is 338 g/mol. The SMILES string of the molecule is Cc1nccn1-c1cc(NC(=O)c2cc(-c3cccs3)[nH]n2)ncn1. The summed E-state index contributed by atoms with van der Waals surface area (Å²) in [5, 5.41) is 11.6. The van der Waals surface area contributed by atoms with Crippen LogP contribution in [0.1, 0.15) is 16.3 Å². The summed E-state index contributed by atoms with van der Waals surface area (Å²) in [7, 11) is 0. The minimum Gasteiger partial charge on any atom is -0.305 e. The van der Waals surface area contributed by atoms with Crippen molar-refractivity contribution in [1.29, 1.82) is 0 Å². The number of hydrogen-bond acceptors (Lipinski definition) is 6. The van der Waals surface area contributed by atoms with Crippen molar-refractivity contribution < 1.29 is 4.79 Å². The minimum atomic E-state index is -0.342. The van der Waals surface area contributed by atoms with E-state index in [0.29, 0.717) is 17.3 Å². The van der Waals surface area contributed by atoms with Crippen molar-refractivity contribution in [3.63, 3.8) is 0 Å². The molecule has 0 saturated heterocycles. The van der Waals surface area contributed by atoms with Gasteiger partial charge in [0.05, 0.1) is 10.6 Å². The third-order valence-corrected chi connectivity index (χ3v) is 4.47. The standard InChI is InChI=1S/C16H13N7OS/c1-10-17-4-5-23(10)15-8-14(18-9-19-15)20-16(24)12-7-11(21-22-12)13-3-2-6-25-13/h2-9H,1H3,(H,21,22)(H,18,19,20,24). The third-order valence-electron chi connectivity index (χ3n) is 3.56. The topological polar surface area (TPSA) is 101 Å². The first kappa shape index (κ1) is 15.2. The van der Waals surface area contributed by atoms with Crippen LogP contribution >= 0.6 is 11.3 Å². The molecule has 0 aliphatic carbocycles. The highest BCUT2D eigenvalue weighted by atomic mass is 32.1. The molecule has 4 aromatic heterocycles. The molecule has 0 radical (unpaired) electrons.